The zero-order valence-corrected chi connectivity index (χ0v) is 12.9. The van der Waals surface area contributed by atoms with Gasteiger partial charge in [-0.15, -0.1) is 0 Å². The third-order valence-electron chi connectivity index (χ3n) is 3.21. The minimum atomic E-state index is 0.254. The van der Waals surface area contributed by atoms with Gasteiger partial charge in [-0.3, -0.25) is 0 Å². The number of benzene rings is 1. The first kappa shape index (κ1) is 15.1. The number of rotatable bonds is 7. The number of thioether (sulfide) groups is 1. The summed E-state index contributed by atoms with van der Waals surface area (Å²) in [4.78, 5) is 4.72. The molecule has 2 rings (SSSR count). The summed E-state index contributed by atoms with van der Waals surface area (Å²) >= 11 is 1.86. The predicted molar refractivity (Wildman–Crippen MR) is 88.4 cm³/mol. The van der Waals surface area contributed by atoms with E-state index >= 15 is 0 Å². The van der Waals surface area contributed by atoms with Crippen molar-refractivity contribution in [3.63, 3.8) is 0 Å². The zero-order valence-electron chi connectivity index (χ0n) is 12.1. The Morgan fingerprint density at radius 2 is 2.15 bits per heavy atom. The van der Waals surface area contributed by atoms with Crippen molar-refractivity contribution >= 4 is 28.5 Å². The molecular weight excluding hydrogens is 268 g/mol. The van der Waals surface area contributed by atoms with E-state index in [1.807, 2.05) is 30.0 Å². The highest BCUT2D eigenvalue weighted by Crippen LogP contribution is 2.27. The van der Waals surface area contributed by atoms with Crippen LogP contribution in [0.4, 0.5) is 5.82 Å². The average Bonchev–Trinajstić information content (AvgIpc) is 2.45. The summed E-state index contributed by atoms with van der Waals surface area (Å²) < 4.78 is 0. The van der Waals surface area contributed by atoms with Gasteiger partial charge in [0, 0.05) is 35.1 Å². The molecule has 0 aliphatic carbocycles. The molecule has 3 nitrogen and oxygen atoms in total. The van der Waals surface area contributed by atoms with Crippen molar-refractivity contribution in [3.05, 3.63) is 35.9 Å². The molecule has 20 heavy (non-hydrogen) atoms. The second-order valence-electron chi connectivity index (χ2n) is 4.85. The van der Waals surface area contributed by atoms with Gasteiger partial charge >= 0.3 is 0 Å². The smallest absolute Gasteiger partial charge is 0.130 e. The van der Waals surface area contributed by atoms with Crippen LogP contribution in [0.3, 0.4) is 0 Å². The third kappa shape index (κ3) is 3.87. The molecule has 0 fully saturated rings. The highest BCUT2D eigenvalue weighted by Gasteiger charge is 2.09. The maximum Gasteiger partial charge on any atom is 0.130 e. The molecule has 1 unspecified atom stereocenters. The first-order valence-electron chi connectivity index (χ1n) is 7.09. The number of hydrogen-bond donors (Lipinski definition) is 2. The number of pyridine rings is 1. The van der Waals surface area contributed by atoms with Gasteiger partial charge in [-0.1, -0.05) is 25.1 Å². The first-order valence-corrected chi connectivity index (χ1v) is 8.14. The number of aliphatic hydroxyl groups is 1. The highest BCUT2D eigenvalue weighted by atomic mass is 32.2. The Morgan fingerprint density at radius 1 is 1.35 bits per heavy atom. The maximum atomic E-state index is 8.98. The van der Waals surface area contributed by atoms with Crippen LogP contribution in [-0.2, 0) is 5.75 Å². The number of nitrogens with zero attached hydrogens (tertiary/aromatic N) is 1. The second kappa shape index (κ2) is 7.50. The van der Waals surface area contributed by atoms with E-state index in [2.05, 4.69) is 31.3 Å². The van der Waals surface area contributed by atoms with Crippen molar-refractivity contribution < 1.29 is 5.11 Å². The van der Waals surface area contributed by atoms with Crippen LogP contribution in [0, 0.1) is 0 Å². The Hall–Kier alpha value is -1.26. The molecule has 0 radical (unpaired) electrons. The Balaban J connectivity index is 2.22. The van der Waals surface area contributed by atoms with Crippen LogP contribution >= 0.6 is 11.8 Å². The van der Waals surface area contributed by atoms with Crippen molar-refractivity contribution in [3.8, 4) is 0 Å². The fourth-order valence-electron chi connectivity index (χ4n) is 2.09. The van der Waals surface area contributed by atoms with Crippen LogP contribution in [0.2, 0.25) is 0 Å². The van der Waals surface area contributed by atoms with Crippen molar-refractivity contribution in [2.24, 2.45) is 0 Å². The number of nitrogens with one attached hydrogen (secondary N) is 1. The lowest BCUT2D eigenvalue weighted by Gasteiger charge is -2.14. The Bertz CT molecular complexity index is 559. The lowest BCUT2D eigenvalue weighted by Crippen LogP contribution is -2.05. The van der Waals surface area contributed by atoms with Gasteiger partial charge in [0.05, 0.1) is 5.52 Å². The highest BCUT2D eigenvalue weighted by molar-refractivity contribution is 7.99. The molecule has 2 aromatic rings. The van der Waals surface area contributed by atoms with Crippen molar-refractivity contribution in [2.45, 2.75) is 31.3 Å². The summed E-state index contributed by atoms with van der Waals surface area (Å²) in [6.45, 7) is 5.36. The third-order valence-corrected chi connectivity index (χ3v) is 4.49. The summed E-state index contributed by atoms with van der Waals surface area (Å²) in [5, 5.41) is 14.0. The van der Waals surface area contributed by atoms with Gasteiger partial charge in [-0.25, -0.2) is 4.98 Å². The first-order chi connectivity index (χ1) is 9.74. The monoisotopic (exact) mass is 290 g/mol. The van der Waals surface area contributed by atoms with E-state index in [9.17, 15) is 0 Å². The molecule has 0 saturated heterocycles. The normalized spacial score (nSPS) is 12.6. The Morgan fingerprint density at radius 3 is 2.90 bits per heavy atom. The van der Waals surface area contributed by atoms with Crippen LogP contribution in [0.5, 0.6) is 0 Å². The number of fused-ring (bicyclic) bond motifs is 1. The molecule has 1 atom stereocenters. The molecular formula is C16H22N2OS. The summed E-state index contributed by atoms with van der Waals surface area (Å²) in [6, 6.07) is 10.4. The van der Waals surface area contributed by atoms with Gasteiger partial charge in [0.15, 0.2) is 0 Å². The number of hydrogen-bond acceptors (Lipinski definition) is 4. The SMILES string of the molecule is CCNc1nc2ccccc2cc1CSC(C)CCO. The minimum Gasteiger partial charge on any atom is -0.396 e. The van der Waals surface area contributed by atoms with E-state index in [0.29, 0.717) is 5.25 Å². The fraction of sp³-hybridized carbons (Fsp3) is 0.438. The van der Waals surface area contributed by atoms with Gasteiger partial charge < -0.3 is 10.4 Å². The van der Waals surface area contributed by atoms with Crippen LogP contribution < -0.4 is 5.32 Å². The molecule has 0 aliphatic heterocycles. The van der Waals surface area contributed by atoms with E-state index in [1.54, 1.807) is 0 Å². The van der Waals surface area contributed by atoms with E-state index in [4.69, 9.17) is 10.1 Å². The second-order valence-corrected chi connectivity index (χ2v) is 6.28. The fourth-order valence-corrected chi connectivity index (χ4v) is 3.04. The topological polar surface area (TPSA) is 45.2 Å². The number of aromatic nitrogens is 1. The summed E-state index contributed by atoms with van der Waals surface area (Å²) in [6.07, 6.45) is 0.836. The standard InChI is InChI=1S/C16H22N2OS/c1-3-17-16-14(11-20-12(2)8-9-19)10-13-6-4-5-7-15(13)18-16/h4-7,10,12,19H,3,8-9,11H2,1-2H3,(H,17,18). The number of aliphatic hydroxyl groups excluding tert-OH is 1. The lowest BCUT2D eigenvalue weighted by molar-refractivity contribution is 0.289. The minimum absolute atomic E-state index is 0.254. The van der Waals surface area contributed by atoms with Gasteiger partial charge in [0.2, 0.25) is 0 Å². The van der Waals surface area contributed by atoms with Crippen molar-refractivity contribution in [1.82, 2.24) is 4.98 Å². The van der Waals surface area contributed by atoms with Crippen molar-refractivity contribution in [2.75, 3.05) is 18.5 Å². The Labute approximate surface area is 124 Å². The molecule has 1 aromatic carbocycles. The summed E-state index contributed by atoms with van der Waals surface area (Å²) in [5.41, 5.74) is 2.26. The predicted octanol–water partition coefficient (Wildman–Crippen LogP) is 3.67. The van der Waals surface area contributed by atoms with E-state index < -0.39 is 0 Å². The quantitative estimate of drug-likeness (QED) is 0.816. The molecule has 2 N–H and O–H groups in total. The van der Waals surface area contributed by atoms with Gasteiger partial charge in [-0.05, 0) is 25.5 Å². The molecule has 0 amide bonds. The van der Waals surface area contributed by atoms with Crippen molar-refractivity contribution in [1.29, 1.82) is 0 Å². The number of para-hydroxylation sites is 1. The molecule has 4 heteroatoms. The summed E-state index contributed by atoms with van der Waals surface area (Å²) in [5.74, 6) is 1.90. The lowest BCUT2D eigenvalue weighted by atomic mass is 10.1. The number of anilines is 1. The van der Waals surface area contributed by atoms with Gasteiger partial charge in [0.25, 0.3) is 0 Å². The molecule has 0 bridgehead atoms. The molecule has 108 valence electrons. The maximum absolute atomic E-state index is 8.98. The van der Waals surface area contributed by atoms with Crippen LogP contribution in [0.15, 0.2) is 30.3 Å². The van der Waals surface area contributed by atoms with Crippen LogP contribution in [0.1, 0.15) is 25.8 Å². The molecule has 1 aromatic heterocycles. The van der Waals surface area contributed by atoms with Gasteiger partial charge in [-0.2, -0.15) is 11.8 Å². The van der Waals surface area contributed by atoms with E-state index in [1.165, 1.54) is 10.9 Å². The van der Waals surface area contributed by atoms with E-state index in [0.717, 1.165) is 30.1 Å². The molecule has 1 heterocycles. The molecule has 0 spiro atoms. The Kier molecular flexibility index (Phi) is 5.68. The average molecular weight is 290 g/mol. The van der Waals surface area contributed by atoms with E-state index in [-0.39, 0.29) is 6.61 Å². The van der Waals surface area contributed by atoms with Crippen LogP contribution in [-0.4, -0.2) is 28.5 Å². The molecule has 0 aliphatic rings. The summed E-state index contributed by atoms with van der Waals surface area (Å²) in [7, 11) is 0. The largest absolute Gasteiger partial charge is 0.396 e. The zero-order chi connectivity index (χ0) is 14.4. The van der Waals surface area contributed by atoms with Gasteiger partial charge in [0.1, 0.15) is 5.82 Å². The van der Waals surface area contributed by atoms with Crippen LogP contribution in [0.25, 0.3) is 10.9 Å². The molecule has 0 saturated carbocycles.